The maximum Gasteiger partial charge on any atom is 0.0683 e. The number of nitrogens with one attached hydrogen (secondary N) is 1. The molecule has 0 atom stereocenters. The highest BCUT2D eigenvalue weighted by molar-refractivity contribution is 9.10. The van der Waals surface area contributed by atoms with Crippen LogP contribution in [0.5, 0.6) is 0 Å². The molecule has 0 aliphatic heterocycles. The summed E-state index contributed by atoms with van der Waals surface area (Å²) in [5.41, 5.74) is 0.919. The van der Waals surface area contributed by atoms with Crippen LogP contribution < -0.4 is 5.32 Å². The number of nitriles is 1. The third-order valence-corrected chi connectivity index (χ3v) is 4.16. The van der Waals surface area contributed by atoms with Crippen molar-refractivity contribution in [2.45, 2.75) is 26.7 Å². The van der Waals surface area contributed by atoms with Crippen molar-refractivity contribution in [2.75, 3.05) is 11.9 Å². The summed E-state index contributed by atoms with van der Waals surface area (Å²) in [5, 5.41) is 14.9. The lowest BCUT2D eigenvalue weighted by Crippen LogP contribution is -2.11. The van der Waals surface area contributed by atoms with E-state index in [0.717, 1.165) is 29.5 Å². The lowest BCUT2D eigenvalue weighted by molar-refractivity contribution is 0.441. The summed E-state index contributed by atoms with van der Waals surface area (Å²) in [7, 11) is 0. The Hall–Kier alpha value is -1.53. The second-order valence-corrected chi connectivity index (χ2v) is 6.52. The minimum absolute atomic E-state index is 0.233. The van der Waals surface area contributed by atoms with Crippen molar-refractivity contribution in [3.63, 3.8) is 0 Å². The van der Waals surface area contributed by atoms with E-state index < -0.39 is 0 Å². The smallest absolute Gasteiger partial charge is 0.0683 e. The van der Waals surface area contributed by atoms with Gasteiger partial charge in [0.15, 0.2) is 0 Å². The Morgan fingerprint density at radius 1 is 1.15 bits per heavy atom. The third-order valence-electron chi connectivity index (χ3n) is 3.47. The molecule has 2 rings (SSSR count). The molecule has 2 nitrogen and oxygen atoms in total. The first-order valence-corrected chi connectivity index (χ1v) is 7.65. The van der Waals surface area contributed by atoms with Gasteiger partial charge >= 0.3 is 0 Å². The van der Waals surface area contributed by atoms with Crippen LogP contribution in [0.4, 0.5) is 5.69 Å². The SMILES string of the molecule is CC(C)(C#N)CCCNc1ccc(Br)c2ccccc12. The fourth-order valence-electron chi connectivity index (χ4n) is 2.23. The van der Waals surface area contributed by atoms with Crippen molar-refractivity contribution in [1.82, 2.24) is 0 Å². The van der Waals surface area contributed by atoms with Crippen molar-refractivity contribution in [1.29, 1.82) is 5.26 Å². The van der Waals surface area contributed by atoms with Crippen LogP contribution in [-0.4, -0.2) is 6.54 Å². The zero-order valence-electron chi connectivity index (χ0n) is 11.9. The monoisotopic (exact) mass is 330 g/mol. The number of anilines is 1. The van der Waals surface area contributed by atoms with E-state index in [1.165, 1.54) is 10.8 Å². The molecule has 0 fully saturated rings. The van der Waals surface area contributed by atoms with Crippen molar-refractivity contribution in [3.05, 3.63) is 40.9 Å². The van der Waals surface area contributed by atoms with Crippen LogP contribution in [0.15, 0.2) is 40.9 Å². The zero-order chi connectivity index (χ0) is 14.6. The molecule has 0 aromatic heterocycles. The standard InChI is InChI=1S/C17H19BrN2/c1-17(2,12-19)10-5-11-20-16-9-8-15(18)13-6-3-4-7-14(13)16/h3-4,6-9,20H,5,10-11H2,1-2H3. The molecule has 0 aliphatic carbocycles. The number of rotatable bonds is 5. The summed E-state index contributed by atoms with van der Waals surface area (Å²) >= 11 is 3.58. The van der Waals surface area contributed by atoms with Crippen molar-refractivity contribution < 1.29 is 0 Å². The van der Waals surface area contributed by atoms with Gasteiger partial charge in [-0.15, -0.1) is 0 Å². The van der Waals surface area contributed by atoms with Crippen LogP contribution in [0, 0.1) is 16.7 Å². The van der Waals surface area contributed by atoms with E-state index in [2.05, 4.69) is 57.6 Å². The average Bonchev–Trinajstić information content (AvgIpc) is 2.46. The van der Waals surface area contributed by atoms with Gasteiger partial charge in [-0.2, -0.15) is 5.26 Å². The molecule has 20 heavy (non-hydrogen) atoms. The van der Waals surface area contributed by atoms with Gasteiger partial charge in [-0.05, 0) is 44.2 Å². The highest BCUT2D eigenvalue weighted by Gasteiger charge is 2.15. The van der Waals surface area contributed by atoms with E-state index in [4.69, 9.17) is 5.26 Å². The second kappa shape index (κ2) is 6.28. The van der Waals surface area contributed by atoms with Gasteiger partial charge in [0.1, 0.15) is 0 Å². The van der Waals surface area contributed by atoms with Crippen LogP contribution in [-0.2, 0) is 0 Å². The van der Waals surface area contributed by atoms with Crippen LogP contribution in [0.2, 0.25) is 0 Å². The second-order valence-electron chi connectivity index (χ2n) is 5.67. The molecule has 2 aromatic carbocycles. The number of benzene rings is 2. The molecule has 0 aliphatic rings. The van der Waals surface area contributed by atoms with Gasteiger partial charge in [0.05, 0.1) is 11.5 Å². The predicted octanol–water partition coefficient (Wildman–Crippen LogP) is 5.34. The largest absolute Gasteiger partial charge is 0.385 e. The Morgan fingerprint density at radius 3 is 2.55 bits per heavy atom. The molecule has 0 saturated carbocycles. The third kappa shape index (κ3) is 3.52. The minimum atomic E-state index is -0.233. The first-order chi connectivity index (χ1) is 9.53. The van der Waals surface area contributed by atoms with Gasteiger partial charge < -0.3 is 5.32 Å². The van der Waals surface area contributed by atoms with E-state index in [1.54, 1.807) is 0 Å². The Balaban J connectivity index is 2.05. The van der Waals surface area contributed by atoms with Gasteiger partial charge in [-0.25, -0.2) is 0 Å². The van der Waals surface area contributed by atoms with E-state index in [9.17, 15) is 0 Å². The van der Waals surface area contributed by atoms with Gasteiger partial charge in [0.25, 0.3) is 0 Å². The Labute approximate surface area is 128 Å². The number of nitrogens with zero attached hydrogens (tertiary/aromatic N) is 1. The van der Waals surface area contributed by atoms with Crippen LogP contribution in [0.25, 0.3) is 10.8 Å². The van der Waals surface area contributed by atoms with Crippen molar-refractivity contribution in [2.24, 2.45) is 5.41 Å². The van der Waals surface area contributed by atoms with Gasteiger partial charge in [-0.3, -0.25) is 0 Å². The van der Waals surface area contributed by atoms with Gasteiger partial charge in [0.2, 0.25) is 0 Å². The Morgan fingerprint density at radius 2 is 1.85 bits per heavy atom. The fraction of sp³-hybridized carbons (Fsp3) is 0.353. The summed E-state index contributed by atoms with van der Waals surface area (Å²) in [6, 6.07) is 14.9. The summed E-state index contributed by atoms with van der Waals surface area (Å²) in [4.78, 5) is 0. The van der Waals surface area contributed by atoms with E-state index in [1.807, 2.05) is 19.9 Å². The Kier molecular flexibility index (Phi) is 4.67. The number of halogens is 1. The summed E-state index contributed by atoms with van der Waals surface area (Å²) in [5.74, 6) is 0. The molecule has 0 radical (unpaired) electrons. The zero-order valence-corrected chi connectivity index (χ0v) is 13.5. The highest BCUT2D eigenvalue weighted by atomic mass is 79.9. The summed E-state index contributed by atoms with van der Waals surface area (Å²) in [6.45, 7) is 4.86. The molecule has 3 heteroatoms. The maximum absolute atomic E-state index is 9.01. The molecule has 0 heterocycles. The number of hydrogen-bond acceptors (Lipinski definition) is 2. The van der Waals surface area contributed by atoms with Crippen molar-refractivity contribution >= 4 is 32.4 Å². The molecule has 104 valence electrons. The molecule has 0 bridgehead atoms. The first-order valence-electron chi connectivity index (χ1n) is 6.86. The molecule has 2 aromatic rings. The number of fused-ring (bicyclic) bond motifs is 1. The number of hydrogen-bond donors (Lipinski definition) is 1. The average molecular weight is 331 g/mol. The lowest BCUT2D eigenvalue weighted by Gasteiger charge is -2.16. The van der Waals surface area contributed by atoms with Gasteiger partial charge in [0, 0.05) is 22.1 Å². The quantitative estimate of drug-likeness (QED) is 0.750. The molecular weight excluding hydrogens is 312 g/mol. The molecule has 0 unspecified atom stereocenters. The van der Waals surface area contributed by atoms with Crippen LogP contribution >= 0.6 is 15.9 Å². The summed E-state index contributed by atoms with van der Waals surface area (Å²) in [6.07, 6.45) is 1.90. The lowest BCUT2D eigenvalue weighted by atomic mass is 9.90. The summed E-state index contributed by atoms with van der Waals surface area (Å²) < 4.78 is 1.12. The fourth-order valence-corrected chi connectivity index (χ4v) is 2.70. The molecule has 1 N–H and O–H groups in total. The van der Waals surface area contributed by atoms with E-state index in [-0.39, 0.29) is 5.41 Å². The Bertz CT molecular complexity index is 641. The van der Waals surface area contributed by atoms with Crippen LogP contribution in [0.3, 0.4) is 0 Å². The molecule has 0 amide bonds. The topological polar surface area (TPSA) is 35.8 Å². The van der Waals surface area contributed by atoms with E-state index >= 15 is 0 Å². The van der Waals surface area contributed by atoms with Crippen molar-refractivity contribution in [3.8, 4) is 6.07 Å². The van der Waals surface area contributed by atoms with Gasteiger partial charge in [-0.1, -0.05) is 40.2 Å². The maximum atomic E-state index is 9.01. The minimum Gasteiger partial charge on any atom is -0.385 e. The predicted molar refractivity (Wildman–Crippen MR) is 88.8 cm³/mol. The highest BCUT2D eigenvalue weighted by Crippen LogP contribution is 2.30. The van der Waals surface area contributed by atoms with E-state index in [0.29, 0.717) is 0 Å². The molecular formula is C17H19BrN2. The molecule has 0 saturated heterocycles. The normalized spacial score (nSPS) is 11.3. The first kappa shape index (κ1) is 14.9. The van der Waals surface area contributed by atoms with Crippen LogP contribution in [0.1, 0.15) is 26.7 Å². The molecule has 0 spiro atoms.